The predicted molar refractivity (Wildman–Crippen MR) is 137 cm³/mol. The highest BCUT2D eigenvalue weighted by atomic mass is 32.2. The maximum absolute atomic E-state index is 13.6. The number of nitrogen functional groups attached to an aromatic ring is 1. The number of morpholine rings is 1. The normalized spacial score (nSPS) is 15.2. The lowest BCUT2D eigenvalue weighted by Crippen LogP contribution is -2.38. The van der Waals surface area contributed by atoms with Crippen LogP contribution in [0, 0.1) is 5.82 Å². The van der Waals surface area contributed by atoms with Gasteiger partial charge in [0, 0.05) is 37.3 Å². The molecular weight excluding hydrogens is 483 g/mol. The molecule has 0 saturated carbocycles. The molecule has 2 aromatic heterocycles. The van der Waals surface area contributed by atoms with Gasteiger partial charge < -0.3 is 15.0 Å². The molecule has 0 aliphatic carbocycles. The van der Waals surface area contributed by atoms with Gasteiger partial charge >= 0.3 is 0 Å². The Morgan fingerprint density at radius 2 is 1.75 bits per heavy atom. The highest BCUT2D eigenvalue weighted by Crippen LogP contribution is 2.34. The second-order valence-corrected chi connectivity index (χ2v) is 11.5. The molecule has 0 atom stereocenters. The molecule has 36 heavy (non-hydrogen) atoms. The third kappa shape index (κ3) is 4.49. The minimum Gasteiger partial charge on any atom is -0.379 e. The Morgan fingerprint density at radius 1 is 1.06 bits per heavy atom. The molecule has 190 valence electrons. The number of nitrogens with zero attached hydrogens (tertiary/aromatic N) is 5. The number of aromatic nitrogens is 4. The molecule has 0 spiro atoms. The monoisotopic (exact) mass is 512 g/mol. The number of ether oxygens (including phenoxy) is 1. The van der Waals surface area contributed by atoms with E-state index in [4.69, 9.17) is 10.5 Å². The van der Waals surface area contributed by atoms with E-state index >= 15 is 0 Å². The minimum absolute atomic E-state index is 0.0737. The van der Waals surface area contributed by atoms with Crippen LogP contribution in [0.15, 0.2) is 48.8 Å². The van der Waals surface area contributed by atoms with Gasteiger partial charge in [-0.1, -0.05) is 6.07 Å². The number of benzene rings is 2. The quantitative estimate of drug-likeness (QED) is 0.405. The van der Waals surface area contributed by atoms with Gasteiger partial charge in [-0.05, 0) is 50.2 Å². The highest BCUT2D eigenvalue weighted by molar-refractivity contribution is 7.90. The lowest BCUT2D eigenvalue weighted by Gasteiger charge is -2.26. The summed E-state index contributed by atoms with van der Waals surface area (Å²) >= 11 is 0. The predicted octanol–water partition coefficient (Wildman–Crippen LogP) is 3.21. The summed E-state index contributed by atoms with van der Waals surface area (Å²) in [5.74, 6) is -0.401. The summed E-state index contributed by atoms with van der Waals surface area (Å²) in [4.78, 5) is 11.3. The molecule has 2 N–H and O–H groups in total. The van der Waals surface area contributed by atoms with Crippen LogP contribution in [-0.2, 0) is 21.3 Å². The summed E-state index contributed by atoms with van der Waals surface area (Å²) in [6.07, 6.45) is 1.77. The number of hydrogen-bond acceptors (Lipinski definition) is 7. The number of hydrogen-bond donors (Lipinski definition) is 1. The molecule has 3 heterocycles. The maximum Gasteiger partial charge on any atom is 0.244 e. The number of fused-ring (bicyclic) bond motifs is 1. The average Bonchev–Trinajstić information content (AvgIpc) is 3.43. The second kappa shape index (κ2) is 9.64. The fourth-order valence-electron chi connectivity index (χ4n) is 4.45. The van der Waals surface area contributed by atoms with Crippen LogP contribution in [0.5, 0.6) is 0 Å². The van der Waals surface area contributed by atoms with Crippen LogP contribution in [0.2, 0.25) is 0 Å². The first-order valence-electron chi connectivity index (χ1n) is 11.9. The minimum atomic E-state index is -3.73. The Morgan fingerprint density at radius 3 is 2.44 bits per heavy atom. The molecule has 0 bridgehead atoms. The van der Waals surface area contributed by atoms with Crippen molar-refractivity contribution in [3.8, 4) is 22.5 Å². The topological polar surface area (TPSA) is 108 Å². The number of rotatable bonds is 7. The third-order valence-corrected chi connectivity index (χ3v) is 8.56. The van der Waals surface area contributed by atoms with Gasteiger partial charge in [-0.25, -0.2) is 26.7 Å². The summed E-state index contributed by atoms with van der Waals surface area (Å²) in [6, 6.07) is 11.6. The first-order chi connectivity index (χ1) is 17.3. The fourth-order valence-corrected chi connectivity index (χ4v) is 5.59. The molecule has 2 aromatic carbocycles. The van der Waals surface area contributed by atoms with E-state index in [1.165, 1.54) is 12.1 Å². The van der Waals surface area contributed by atoms with E-state index in [-0.39, 0.29) is 11.8 Å². The first-order valence-corrected chi connectivity index (χ1v) is 13.4. The van der Waals surface area contributed by atoms with Crippen molar-refractivity contribution in [1.82, 2.24) is 23.4 Å². The SMILES string of the molecule is CC(C)S(=O)(=O)n1c(N)nc2ccc(-c3c(-c4ccc(F)cc4)ncn3CCN3CCOCC3)cc21. The van der Waals surface area contributed by atoms with Crippen LogP contribution in [-0.4, -0.2) is 69.9 Å². The smallest absolute Gasteiger partial charge is 0.244 e. The van der Waals surface area contributed by atoms with Crippen molar-refractivity contribution in [2.45, 2.75) is 25.6 Å². The zero-order valence-corrected chi connectivity index (χ0v) is 21.1. The van der Waals surface area contributed by atoms with Crippen molar-refractivity contribution in [2.24, 2.45) is 0 Å². The van der Waals surface area contributed by atoms with Gasteiger partial charge in [-0.3, -0.25) is 4.90 Å². The van der Waals surface area contributed by atoms with E-state index in [9.17, 15) is 12.8 Å². The number of imidazole rings is 2. The number of halogens is 1. The Labute approximate surface area is 209 Å². The van der Waals surface area contributed by atoms with Crippen LogP contribution < -0.4 is 5.73 Å². The van der Waals surface area contributed by atoms with Gasteiger partial charge in [0.15, 0.2) is 0 Å². The van der Waals surface area contributed by atoms with Gasteiger partial charge in [0.25, 0.3) is 0 Å². The van der Waals surface area contributed by atoms with E-state index < -0.39 is 15.3 Å². The fraction of sp³-hybridized carbons (Fsp3) is 0.360. The van der Waals surface area contributed by atoms with Crippen LogP contribution in [0.1, 0.15) is 13.8 Å². The Hall–Kier alpha value is -3.28. The van der Waals surface area contributed by atoms with Crippen molar-refractivity contribution in [1.29, 1.82) is 0 Å². The van der Waals surface area contributed by atoms with Gasteiger partial charge in [-0.15, -0.1) is 0 Å². The molecule has 0 amide bonds. The van der Waals surface area contributed by atoms with Crippen molar-refractivity contribution in [3.63, 3.8) is 0 Å². The summed E-state index contributed by atoms with van der Waals surface area (Å²) in [5.41, 5.74) is 9.96. The van der Waals surface area contributed by atoms with E-state index in [1.807, 2.05) is 6.07 Å². The van der Waals surface area contributed by atoms with Crippen molar-refractivity contribution < 1.29 is 17.5 Å². The van der Waals surface area contributed by atoms with Crippen LogP contribution in [0.4, 0.5) is 10.3 Å². The summed E-state index contributed by atoms with van der Waals surface area (Å²) in [5, 5.41) is -0.672. The lowest BCUT2D eigenvalue weighted by atomic mass is 10.0. The first kappa shape index (κ1) is 24.4. The van der Waals surface area contributed by atoms with Gasteiger partial charge in [-0.2, -0.15) is 0 Å². The molecule has 9 nitrogen and oxygen atoms in total. The standard InChI is InChI=1S/C25H29FN6O3S/c1-17(2)36(33,34)32-22-15-19(5-8-21(22)29-25(32)27)24-23(18-3-6-20(26)7-4-18)28-16-31(24)10-9-30-11-13-35-14-12-30/h3-8,15-17H,9-14H2,1-2H3,(H2,27,29). The van der Waals surface area contributed by atoms with Crippen LogP contribution >= 0.6 is 0 Å². The molecule has 1 fully saturated rings. The molecule has 1 aliphatic heterocycles. The number of nitrogens with two attached hydrogens (primary N) is 1. The molecule has 1 saturated heterocycles. The summed E-state index contributed by atoms with van der Waals surface area (Å²) < 4.78 is 48.4. The Balaban J connectivity index is 1.63. The van der Waals surface area contributed by atoms with E-state index in [2.05, 4.69) is 19.4 Å². The lowest BCUT2D eigenvalue weighted by molar-refractivity contribution is 0.0364. The summed E-state index contributed by atoms with van der Waals surface area (Å²) in [7, 11) is -3.73. The van der Waals surface area contributed by atoms with E-state index in [1.54, 1.807) is 44.4 Å². The molecule has 1 aliphatic rings. The van der Waals surface area contributed by atoms with Gasteiger partial charge in [0.05, 0.1) is 47.2 Å². The van der Waals surface area contributed by atoms with E-state index in [0.717, 1.165) is 40.4 Å². The molecule has 0 radical (unpaired) electrons. The van der Waals surface area contributed by atoms with Crippen molar-refractivity contribution in [2.75, 3.05) is 38.6 Å². The van der Waals surface area contributed by atoms with Gasteiger partial charge in [0.2, 0.25) is 16.0 Å². The zero-order chi connectivity index (χ0) is 25.4. The third-order valence-electron chi connectivity index (χ3n) is 6.48. The largest absolute Gasteiger partial charge is 0.379 e. The Kier molecular flexibility index (Phi) is 6.54. The maximum atomic E-state index is 13.6. The molecule has 11 heteroatoms. The number of anilines is 1. The van der Waals surface area contributed by atoms with Crippen molar-refractivity contribution in [3.05, 3.63) is 54.6 Å². The van der Waals surface area contributed by atoms with Crippen LogP contribution in [0.3, 0.4) is 0 Å². The zero-order valence-electron chi connectivity index (χ0n) is 20.3. The molecule has 0 unspecified atom stereocenters. The molecule has 4 aromatic rings. The van der Waals surface area contributed by atoms with E-state index in [0.29, 0.717) is 36.5 Å². The van der Waals surface area contributed by atoms with Crippen LogP contribution in [0.25, 0.3) is 33.5 Å². The highest BCUT2D eigenvalue weighted by Gasteiger charge is 2.25. The molecule has 5 rings (SSSR count). The summed E-state index contributed by atoms with van der Waals surface area (Å²) in [6.45, 7) is 7.86. The Bertz CT molecular complexity index is 1490. The van der Waals surface area contributed by atoms with Crippen molar-refractivity contribution >= 4 is 27.0 Å². The second-order valence-electron chi connectivity index (χ2n) is 9.13. The average molecular weight is 513 g/mol. The van der Waals surface area contributed by atoms with Gasteiger partial charge in [0.1, 0.15) is 5.82 Å². The molecular formula is C25H29FN6O3S.